The van der Waals surface area contributed by atoms with Crippen molar-refractivity contribution in [2.24, 2.45) is 0 Å². The average Bonchev–Trinajstić information content (AvgIpc) is 3.38. The molecule has 3 aromatic rings. The fourth-order valence-electron chi connectivity index (χ4n) is 5.29. The van der Waals surface area contributed by atoms with Crippen LogP contribution in [0.2, 0.25) is 0 Å². The van der Waals surface area contributed by atoms with Gasteiger partial charge in [0.2, 0.25) is 20.0 Å². The van der Waals surface area contributed by atoms with Crippen LogP contribution in [0.15, 0.2) is 71.9 Å². The van der Waals surface area contributed by atoms with E-state index < -0.39 is 20.0 Å². The van der Waals surface area contributed by atoms with Crippen LogP contribution in [0.25, 0.3) is 10.8 Å². The Morgan fingerprint density at radius 1 is 0.833 bits per heavy atom. The minimum absolute atomic E-state index is 0.0443. The number of fused-ring (bicyclic) bond motifs is 1. The van der Waals surface area contributed by atoms with Crippen LogP contribution in [0.1, 0.15) is 25.7 Å². The highest BCUT2D eigenvalue weighted by Crippen LogP contribution is 2.30. The third-order valence-electron chi connectivity index (χ3n) is 7.25. The Bertz CT molecular complexity index is 1410. The van der Waals surface area contributed by atoms with E-state index in [1.54, 1.807) is 33.1 Å². The lowest BCUT2D eigenvalue weighted by molar-refractivity contribution is 0.363. The first-order valence-corrected chi connectivity index (χ1v) is 15.5. The van der Waals surface area contributed by atoms with E-state index in [2.05, 4.69) is 9.88 Å². The summed E-state index contributed by atoms with van der Waals surface area (Å²) in [5.41, 5.74) is 1.05. The highest BCUT2D eigenvalue weighted by Gasteiger charge is 2.35. The Balaban J connectivity index is 1.18. The topological polar surface area (TPSA) is 90.9 Å². The van der Waals surface area contributed by atoms with E-state index in [1.807, 2.05) is 42.5 Å². The standard InChI is InChI=1S/C26H32N4O4S2/c31-35(32,29-18-16-28(17-19-29)24-11-13-27-14-12-24)20-4-8-25-7-3-15-30(25)36(33,34)26-10-9-22-5-1-2-6-23(22)21-26/h1-2,5-6,9-14,21,25H,3-4,7-8,15-20H2. The van der Waals surface area contributed by atoms with Crippen LogP contribution < -0.4 is 4.90 Å². The largest absolute Gasteiger partial charge is 0.369 e. The van der Waals surface area contributed by atoms with Gasteiger partial charge < -0.3 is 4.90 Å². The third-order valence-corrected chi connectivity index (χ3v) is 11.2. The summed E-state index contributed by atoms with van der Waals surface area (Å²) in [4.78, 5) is 6.50. The fraction of sp³-hybridized carbons (Fsp3) is 0.423. The predicted octanol–water partition coefficient (Wildman–Crippen LogP) is 3.32. The van der Waals surface area contributed by atoms with E-state index >= 15 is 0 Å². The molecule has 8 nitrogen and oxygen atoms in total. The van der Waals surface area contributed by atoms with E-state index in [-0.39, 0.29) is 11.8 Å². The number of aromatic nitrogens is 1. The molecule has 10 heteroatoms. The van der Waals surface area contributed by atoms with Crippen molar-refractivity contribution in [2.75, 3.05) is 43.4 Å². The van der Waals surface area contributed by atoms with Gasteiger partial charge >= 0.3 is 0 Å². The summed E-state index contributed by atoms with van der Waals surface area (Å²) in [7, 11) is -7.02. The zero-order valence-electron chi connectivity index (χ0n) is 20.2. The second-order valence-electron chi connectivity index (χ2n) is 9.47. The first-order valence-electron chi connectivity index (χ1n) is 12.5. The highest BCUT2D eigenvalue weighted by atomic mass is 32.2. The van der Waals surface area contributed by atoms with Crippen molar-refractivity contribution in [2.45, 2.75) is 36.6 Å². The van der Waals surface area contributed by atoms with Crippen molar-refractivity contribution in [3.63, 3.8) is 0 Å². The third kappa shape index (κ3) is 5.27. The molecule has 0 bridgehead atoms. The molecule has 1 aromatic heterocycles. The molecule has 2 aliphatic rings. The van der Waals surface area contributed by atoms with Gasteiger partial charge in [0, 0.05) is 56.8 Å². The van der Waals surface area contributed by atoms with Crippen LogP contribution in [-0.4, -0.2) is 74.9 Å². The number of piperazine rings is 1. The average molecular weight is 529 g/mol. The highest BCUT2D eigenvalue weighted by molar-refractivity contribution is 7.89. The minimum atomic E-state index is -3.63. The first-order chi connectivity index (χ1) is 17.3. The molecular weight excluding hydrogens is 496 g/mol. The number of sulfonamides is 2. The van der Waals surface area contributed by atoms with Gasteiger partial charge in [-0.15, -0.1) is 0 Å². The van der Waals surface area contributed by atoms with Crippen LogP contribution in [0.5, 0.6) is 0 Å². The molecule has 1 atom stereocenters. The molecule has 192 valence electrons. The van der Waals surface area contributed by atoms with Crippen LogP contribution in [0.3, 0.4) is 0 Å². The quantitative estimate of drug-likeness (QED) is 0.446. The van der Waals surface area contributed by atoms with Crippen LogP contribution in [0, 0.1) is 0 Å². The molecule has 5 rings (SSSR count). The zero-order valence-corrected chi connectivity index (χ0v) is 21.9. The van der Waals surface area contributed by atoms with E-state index in [0.717, 1.165) is 29.3 Å². The lowest BCUT2D eigenvalue weighted by atomic mass is 10.1. The second kappa shape index (κ2) is 10.5. The van der Waals surface area contributed by atoms with Crippen molar-refractivity contribution < 1.29 is 16.8 Å². The smallest absolute Gasteiger partial charge is 0.243 e. The lowest BCUT2D eigenvalue weighted by Crippen LogP contribution is -2.49. The molecule has 2 saturated heterocycles. The summed E-state index contributed by atoms with van der Waals surface area (Å²) in [6.07, 6.45) is 6.03. The Hall–Kier alpha value is -2.53. The molecule has 0 amide bonds. The van der Waals surface area contributed by atoms with Crippen LogP contribution in [0.4, 0.5) is 5.69 Å². The van der Waals surface area contributed by atoms with Crippen LogP contribution >= 0.6 is 0 Å². The Labute approximate surface area is 213 Å². The number of nitrogens with zero attached hydrogens (tertiary/aromatic N) is 4. The maximum absolute atomic E-state index is 13.4. The van der Waals surface area contributed by atoms with Crippen molar-refractivity contribution in [1.29, 1.82) is 0 Å². The van der Waals surface area contributed by atoms with Gasteiger partial charge in [-0.25, -0.2) is 16.8 Å². The van der Waals surface area contributed by atoms with Gasteiger partial charge in [-0.2, -0.15) is 8.61 Å². The Morgan fingerprint density at radius 3 is 2.31 bits per heavy atom. The number of anilines is 1. The first kappa shape index (κ1) is 25.1. The molecule has 2 fully saturated rings. The van der Waals surface area contributed by atoms with Gasteiger partial charge in [0.1, 0.15) is 0 Å². The summed E-state index contributed by atoms with van der Waals surface area (Å²) >= 11 is 0. The molecule has 2 aliphatic heterocycles. The van der Waals surface area contributed by atoms with Gasteiger partial charge in [-0.3, -0.25) is 4.98 Å². The molecule has 1 unspecified atom stereocenters. The summed E-state index contributed by atoms with van der Waals surface area (Å²) in [5, 5.41) is 1.89. The van der Waals surface area contributed by atoms with Gasteiger partial charge in [0.05, 0.1) is 10.6 Å². The normalized spacial score (nSPS) is 20.2. The maximum Gasteiger partial charge on any atom is 0.243 e. The molecule has 0 N–H and O–H groups in total. The van der Waals surface area contributed by atoms with Gasteiger partial charge in [-0.05, 0) is 60.7 Å². The Kier molecular flexibility index (Phi) is 7.30. The molecule has 0 spiro atoms. The Morgan fingerprint density at radius 2 is 1.56 bits per heavy atom. The van der Waals surface area contributed by atoms with E-state index in [4.69, 9.17) is 0 Å². The van der Waals surface area contributed by atoms with Gasteiger partial charge in [0.15, 0.2) is 0 Å². The molecular formula is C26H32N4O4S2. The number of rotatable bonds is 8. The van der Waals surface area contributed by atoms with E-state index in [0.29, 0.717) is 50.5 Å². The van der Waals surface area contributed by atoms with Crippen molar-refractivity contribution in [3.8, 4) is 0 Å². The number of pyridine rings is 1. The molecule has 0 aliphatic carbocycles. The molecule has 0 saturated carbocycles. The van der Waals surface area contributed by atoms with Crippen LogP contribution in [-0.2, 0) is 20.0 Å². The number of hydrogen-bond acceptors (Lipinski definition) is 6. The molecule has 3 heterocycles. The monoisotopic (exact) mass is 528 g/mol. The number of benzene rings is 2. The van der Waals surface area contributed by atoms with E-state index in [1.165, 1.54) is 0 Å². The van der Waals surface area contributed by atoms with Crippen molar-refractivity contribution >= 4 is 36.5 Å². The molecule has 0 radical (unpaired) electrons. The summed E-state index contributed by atoms with van der Waals surface area (Å²) in [6, 6.07) is 16.7. The molecule has 36 heavy (non-hydrogen) atoms. The number of hydrogen-bond donors (Lipinski definition) is 0. The van der Waals surface area contributed by atoms with Crippen molar-refractivity contribution in [3.05, 3.63) is 67.0 Å². The minimum Gasteiger partial charge on any atom is -0.369 e. The summed E-state index contributed by atoms with van der Waals surface area (Å²) in [5.74, 6) is 0.0443. The van der Waals surface area contributed by atoms with Gasteiger partial charge in [-0.1, -0.05) is 30.3 Å². The molecule has 2 aromatic carbocycles. The zero-order chi connectivity index (χ0) is 25.2. The van der Waals surface area contributed by atoms with E-state index in [9.17, 15) is 16.8 Å². The SMILES string of the molecule is O=S(=O)(CCCC1CCCN1S(=O)(=O)c1ccc2ccccc2c1)N1CCN(c2ccncc2)CC1. The lowest BCUT2D eigenvalue weighted by Gasteiger charge is -2.35. The summed E-state index contributed by atoms with van der Waals surface area (Å²) in [6.45, 7) is 2.67. The second-order valence-corrected chi connectivity index (χ2v) is 13.4. The predicted molar refractivity (Wildman–Crippen MR) is 142 cm³/mol. The summed E-state index contributed by atoms with van der Waals surface area (Å²) < 4.78 is 56.0. The maximum atomic E-state index is 13.4. The van der Waals surface area contributed by atoms with Crippen molar-refractivity contribution in [1.82, 2.24) is 13.6 Å². The van der Waals surface area contributed by atoms with Gasteiger partial charge in [0.25, 0.3) is 0 Å². The fourth-order valence-corrected chi connectivity index (χ4v) is 8.56.